The lowest BCUT2D eigenvalue weighted by molar-refractivity contribution is -0.122. The summed E-state index contributed by atoms with van der Waals surface area (Å²) in [5.74, 6) is -2.20. The molecule has 5 nitrogen and oxygen atoms in total. The number of aliphatic hydroxyl groups excluding tert-OH is 1. The van der Waals surface area contributed by atoms with Crippen LogP contribution in [0.25, 0.3) is 0 Å². The highest BCUT2D eigenvalue weighted by molar-refractivity contribution is 6.30. The smallest absolute Gasteiger partial charge is 0.225 e. The number of amides is 1. The summed E-state index contributed by atoms with van der Waals surface area (Å²) >= 11 is 5.66. The number of hydrogen-bond donors (Lipinski definition) is 2. The zero-order valence-corrected chi connectivity index (χ0v) is 14.3. The van der Waals surface area contributed by atoms with Crippen molar-refractivity contribution < 1.29 is 18.7 Å². The minimum absolute atomic E-state index is 0.0530. The molecule has 1 aliphatic carbocycles. The molecule has 1 aromatic carbocycles. The van der Waals surface area contributed by atoms with E-state index in [1.165, 1.54) is 0 Å². The third-order valence-electron chi connectivity index (χ3n) is 4.50. The number of aryl methyl sites for hydroxylation is 1. The van der Waals surface area contributed by atoms with Gasteiger partial charge in [0.25, 0.3) is 0 Å². The molecular formula is C17H18ClF2N3O2. The number of rotatable bonds is 5. The number of nitrogens with one attached hydrogen (secondary N) is 1. The Balaban J connectivity index is 1.76. The van der Waals surface area contributed by atoms with E-state index in [2.05, 4.69) is 10.4 Å². The summed E-state index contributed by atoms with van der Waals surface area (Å²) in [4.78, 5) is 12.4. The zero-order chi connectivity index (χ0) is 18.1. The average Bonchev–Trinajstić information content (AvgIpc) is 2.96. The first-order valence-electron chi connectivity index (χ1n) is 7.93. The minimum atomic E-state index is -0.922. The van der Waals surface area contributed by atoms with Crippen LogP contribution in [0.5, 0.6) is 0 Å². The highest BCUT2D eigenvalue weighted by Gasteiger charge is 2.36. The normalized spacial score (nSPS) is 20.8. The van der Waals surface area contributed by atoms with Gasteiger partial charge in [-0.15, -0.1) is 0 Å². The van der Waals surface area contributed by atoms with Gasteiger partial charge in [-0.25, -0.2) is 8.78 Å². The summed E-state index contributed by atoms with van der Waals surface area (Å²) in [7, 11) is 1.76. The van der Waals surface area contributed by atoms with Gasteiger partial charge >= 0.3 is 0 Å². The van der Waals surface area contributed by atoms with Crippen LogP contribution < -0.4 is 5.32 Å². The largest absolute Gasteiger partial charge is 0.393 e. The van der Waals surface area contributed by atoms with Crippen LogP contribution in [0.1, 0.15) is 30.0 Å². The average molecular weight is 370 g/mol. The van der Waals surface area contributed by atoms with Crippen LogP contribution >= 0.6 is 11.6 Å². The molecular weight excluding hydrogens is 352 g/mol. The van der Waals surface area contributed by atoms with Crippen LogP contribution in [0.4, 0.5) is 8.78 Å². The van der Waals surface area contributed by atoms with Crippen molar-refractivity contribution in [3.63, 3.8) is 0 Å². The second-order valence-electron chi connectivity index (χ2n) is 6.38. The lowest BCUT2D eigenvalue weighted by atomic mass is 9.75. The Hall–Kier alpha value is -1.99. The van der Waals surface area contributed by atoms with E-state index in [0.29, 0.717) is 12.8 Å². The molecule has 0 saturated heterocycles. The van der Waals surface area contributed by atoms with Crippen LogP contribution in [0.2, 0.25) is 5.02 Å². The summed E-state index contributed by atoms with van der Waals surface area (Å²) in [5, 5.41) is 16.2. The molecule has 2 aromatic rings. The van der Waals surface area contributed by atoms with Gasteiger partial charge < -0.3 is 10.4 Å². The standard InChI is InChI=1S/C17H18ClF2N3O2/c1-23-8-10(7-21-23)17(9-4-11(24)5-9)22-15(25)6-12-14(19)3-2-13(18)16(12)20/h2-3,7-9,11,17,24H,4-6H2,1H3,(H,22,25). The molecule has 1 atom stereocenters. The van der Waals surface area contributed by atoms with Crippen molar-refractivity contribution in [2.24, 2.45) is 13.0 Å². The van der Waals surface area contributed by atoms with Gasteiger partial charge in [0.15, 0.2) is 0 Å². The molecule has 0 aliphatic heterocycles. The molecule has 1 amide bonds. The third-order valence-corrected chi connectivity index (χ3v) is 4.79. The summed E-state index contributed by atoms with van der Waals surface area (Å²) in [6.45, 7) is 0. The topological polar surface area (TPSA) is 67.2 Å². The number of carbonyl (C=O) groups is 1. The maximum atomic E-state index is 14.0. The Bertz CT molecular complexity index is 790. The fourth-order valence-corrected chi connectivity index (χ4v) is 3.27. The van der Waals surface area contributed by atoms with E-state index in [4.69, 9.17) is 11.6 Å². The SMILES string of the molecule is Cn1cc(C(NC(=O)Cc2c(F)ccc(Cl)c2F)C2CC(O)C2)cn1. The maximum absolute atomic E-state index is 14.0. The molecule has 1 aliphatic rings. The molecule has 0 radical (unpaired) electrons. The van der Waals surface area contributed by atoms with Crippen molar-refractivity contribution in [1.29, 1.82) is 0 Å². The van der Waals surface area contributed by atoms with Crippen molar-refractivity contribution in [2.75, 3.05) is 0 Å². The number of halogens is 3. The predicted octanol–water partition coefficient (Wildman–Crippen LogP) is 2.52. The molecule has 1 aromatic heterocycles. The number of nitrogens with zero attached hydrogens (tertiary/aromatic N) is 2. The summed E-state index contributed by atoms with van der Waals surface area (Å²) in [5.41, 5.74) is 0.434. The molecule has 8 heteroatoms. The van der Waals surface area contributed by atoms with Crippen molar-refractivity contribution in [3.05, 3.63) is 52.3 Å². The minimum Gasteiger partial charge on any atom is -0.393 e. The van der Waals surface area contributed by atoms with E-state index in [9.17, 15) is 18.7 Å². The molecule has 0 bridgehead atoms. The zero-order valence-electron chi connectivity index (χ0n) is 13.5. The van der Waals surface area contributed by atoms with Crippen molar-refractivity contribution in [1.82, 2.24) is 15.1 Å². The van der Waals surface area contributed by atoms with Gasteiger partial charge in [0.2, 0.25) is 5.91 Å². The third kappa shape index (κ3) is 3.82. The molecule has 1 heterocycles. The van der Waals surface area contributed by atoms with Gasteiger partial charge in [-0.3, -0.25) is 9.48 Å². The predicted molar refractivity (Wildman–Crippen MR) is 87.9 cm³/mol. The van der Waals surface area contributed by atoms with E-state index in [-0.39, 0.29) is 28.6 Å². The number of aliphatic hydroxyl groups is 1. The van der Waals surface area contributed by atoms with E-state index >= 15 is 0 Å². The van der Waals surface area contributed by atoms with Crippen LogP contribution in [0.3, 0.4) is 0 Å². The van der Waals surface area contributed by atoms with Crippen LogP contribution in [0.15, 0.2) is 24.5 Å². The monoisotopic (exact) mass is 369 g/mol. The van der Waals surface area contributed by atoms with Crippen molar-refractivity contribution in [2.45, 2.75) is 31.4 Å². The van der Waals surface area contributed by atoms with E-state index in [0.717, 1.165) is 17.7 Å². The van der Waals surface area contributed by atoms with Crippen LogP contribution in [-0.2, 0) is 18.3 Å². The molecule has 1 saturated carbocycles. The molecule has 25 heavy (non-hydrogen) atoms. The van der Waals surface area contributed by atoms with Gasteiger partial charge in [-0.2, -0.15) is 5.10 Å². The Morgan fingerprint density at radius 3 is 2.80 bits per heavy atom. The fourth-order valence-electron chi connectivity index (χ4n) is 3.09. The van der Waals surface area contributed by atoms with Gasteiger partial charge in [0.1, 0.15) is 11.6 Å². The number of aromatic nitrogens is 2. The Morgan fingerprint density at radius 2 is 2.20 bits per heavy atom. The number of carbonyl (C=O) groups excluding carboxylic acids is 1. The second-order valence-corrected chi connectivity index (χ2v) is 6.78. The Labute approximate surface area is 148 Å². The Kier molecular flexibility index (Phi) is 5.06. The summed E-state index contributed by atoms with van der Waals surface area (Å²) < 4.78 is 29.4. The van der Waals surface area contributed by atoms with Gasteiger partial charge in [0.05, 0.1) is 29.8 Å². The first-order chi connectivity index (χ1) is 11.8. The van der Waals surface area contributed by atoms with E-state index in [1.54, 1.807) is 24.1 Å². The molecule has 134 valence electrons. The lowest BCUT2D eigenvalue weighted by Crippen LogP contribution is -2.41. The van der Waals surface area contributed by atoms with Crippen molar-refractivity contribution in [3.8, 4) is 0 Å². The van der Waals surface area contributed by atoms with E-state index in [1.807, 2.05) is 0 Å². The Morgan fingerprint density at radius 1 is 1.48 bits per heavy atom. The first kappa shape index (κ1) is 17.8. The molecule has 0 spiro atoms. The molecule has 1 fully saturated rings. The maximum Gasteiger partial charge on any atom is 0.225 e. The van der Waals surface area contributed by atoms with Gasteiger partial charge in [-0.1, -0.05) is 11.6 Å². The fraction of sp³-hybridized carbons (Fsp3) is 0.412. The van der Waals surface area contributed by atoms with Gasteiger partial charge in [-0.05, 0) is 30.9 Å². The number of hydrogen-bond acceptors (Lipinski definition) is 3. The second kappa shape index (κ2) is 7.09. The summed E-state index contributed by atoms with van der Waals surface area (Å²) in [6, 6.07) is 1.78. The van der Waals surface area contributed by atoms with Crippen molar-refractivity contribution >= 4 is 17.5 Å². The molecule has 2 N–H and O–H groups in total. The van der Waals surface area contributed by atoms with E-state index < -0.39 is 24.0 Å². The van der Waals surface area contributed by atoms with Crippen LogP contribution in [0, 0.1) is 17.6 Å². The quantitative estimate of drug-likeness (QED) is 0.796. The van der Waals surface area contributed by atoms with Gasteiger partial charge in [0, 0.05) is 24.4 Å². The molecule has 1 unspecified atom stereocenters. The highest BCUT2D eigenvalue weighted by atomic mass is 35.5. The highest BCUT2D eigenvalue weighted by Crippen LogP contribution is 2.38. The van der Waals surface area contributed by atoms with Crippen LogP contribution in [-0.4, -0.2) is 26.9 Å². The summed E-state index contributed by atoms with van der Waals surface area (Å²) in [6.07, 6.45) is 3.68. The number of benzene rings is 1. The lowest BCUT2D eigenvalue weighted by Gasteiger charge is -2.37. The first-order valence-corrected chi connectivity index (χ1v) is 8.31. The molecule has 3 rings (SSSR count).